The van der Waals surface area contributed by atoms with Crippen molar-refractivity contribution < 1.29 is 13.6 Å². The van der Waals surface area contributed by atoms with Gasteiger partial charge in [-0.05, 0) is 37.1 Å². The number of thiophene rings is 1. The molecular formula is C17H16F2N4OS2. The number of nitrogens with one attached hydrogen (secondary N) is 1. The molecule has 0 radical (unpaired) electrons. The van der Waals surface area contributed by atoms with Crippen molar-refractivity contribution in [3.63, 3.8) is 0 Å². The van der Waals surface area contributed by atoms with Crippen LogP contribution in [0.2, 0.25) is 0 Å². The number of nitrogens with two attached hydrogens (primary N) is 1. The van der Waals surface area contributed by atoms with Crippen molar-refractivity contribution in [2.75, 3.05) is 5.73 Å². The summed E-state index contributed by atoms with van der Waals surface area (Å²) < 4.78 is 24.7. The molecule has 0 saturated carbocycles. The SMILES string of the molecule is Cc1nnc2sc(C(=O)NCc3ccc(SC(F)F)cc3)c(N)c2c1C. The Morgan fingerprint density at radius 1 is 1.27 bits per heavy atom. The zero-order chi connectivity index (χ0) is 18.8. The third-order valence-electron chi connectivity index (χ3n) is 3.94. The zero-order valence-corrected chi connectivity index (χ0v) is 15.7. The van der Waals surface area contributed by atoms with E-state index in [1.54, 1.807) is 24.3 Å². The maximum Gasteiger partial charge on any atom is 0.288 e. The summed E-state index contributed by atoms with van der Waals surface area (Å²) in [6.45, 7) is 4.01. The maximum atomic E-state index is 12.5. The molecule has 9 heteroatoms. The Bertz CT molecular complexity index is 958. The summed E-state index contributed by atoms with van der Waals surface area (Å²) in [7, 11) is 0. The van der Waals surface area contributed by atoms with Gasteiger partial charge in [0.1, 0.15) is 9.71 Å². The monoisotopic (exact) mass is 394 g/mol. The van der Waals surface area contributed by atoms with Crippen LogP contribution in [0.25, 0.3) is 10.2 Å². The van der Waals surface area contributed by atoms with Gasteiger partial charge in [0.25, 0.3) is 11.7 Å². The summed E-state index contributed by atoms with van der Waals surface area (Å²) in [5, 5.41) is 11.7. The minimum absolute atomic E-state index is 0.274. The van der Waals surface area contributed by atoms with Crippen LogP contribution >= 0.6 is 23.1 Å². The van der Waals surface area contributed by atoms with Crippen molar-refractivity contribution in [1.82, 2.24) is 15.5 Å². The van der Waals surface area contributed by atoms with Gasteiger partial charge in [0.2, 0.25) is 0 Å². The van der Waals surface area contributed by atoms with E-state index < -0.39 is 5.76 Å². The number of aryl methyl sites for hydroxylation is 2. The van der Waals surface area contributed by atoms with Gasteiger partial charge in [-0.3, -0.25) is 4.79 Å². The molecule has 136 valence electrons. The Morgan fingerprint density at radius 2 is 1.96 bits per heavy atom. The molecule has 3 rings (SSSR count). The molecule has 0 aliphatic rings. The van der Waals surface area contributed by atoms with E-state index in [1.165, 1.54) is 11.3 Å². The Morgan fingerprint density at radius 3 is 2.62 bits per heavy atom. The average Bonchev–Trinajstić information content (AvgIpc) is 2.94. The summed E-state index contributed by atoms with van der Waals surface area (Å²) in [4.78, 5) is 14.0. The highest BCUT2D eigenvalue weighted by Crippen LogP contribution is 2.34. The molecule has 0 unspecified atom stereocenters. The lowest BCUT2D eigenvalue weighted by Gasteiger charge is -2.06. The topological polar surface area (TPSA) is 80.9 Å². The average molecular weight is 394 g/mol. The summed E-state index contributed by atoms with van der Waals surface area (Å²) in [5.74, 6) is -2.75. The lowest BCUT2D eigenvalue weighted by Crippen LogP contribution is -2.22. The molecule has 5 nitrogen and oxygen atoms in total. The number of nitrogens with zero attached hydrogens (tertiary/aromatic N) is 2. The van der Waals surface area contributed by atoms with Gasteiger partial charge in [0, 0.05) is 16.8 Å². The van der Waals surface area contributed by atoms with Crippen LogP contribution in [0.5, 0.6) is 0 Å². The molecule has 0 fully saturated rings. The van der Waals surface area contributed by atoms with E-state index >= 15 is 0 Å². The van der Waals surface area contributed by atoms with Crippen molar-refractivity contribution in [3.8, 4) is 0 Å². The van der Waals surface area contributed by atoms with E-state index in [0.29, 0.717) is 32.1 Å². The normalized spacial score (nSPS) is 11.3. The first-order valence-corrected chi connectivity index (χ1v) is 9.40. The molecule has 3 aromatic rings. The fourth-order valence-corrected chi connectivity index (χ4v) is 3.98. The van der Waals surface area contributed by atoms with E-state index in [4.69, 9.17) is 5.73 Å². The van der Waals surface area contributed by atoms with E-state index in [2.05, 4.69) is 15.5 Å². The summed E-state index contributed by atoms with van der Waals surface area (Å²) >= 11 is 1.69. The lowest BCUT2D eigenvalue weighted by atomic mass is 10.1. The summed E-state index contributed by atoms with van der Waals surface area (Å²) in [6, 6.07) is 6.62. The fourth-order valence-electron chi connectivity index (χ4n) is 2.46. The van der Waals surface area contributed by atoms with Crippen LogP contribution in [0, 0.1) is 13.8 Å². The number of carbonyl (C=O) groups is 1. The molecule has 2 aromatic heterocycles. The predicted molar refractivity (Wildman–Crippen MR) is 101 cm³/mol. The number of rotatable bonds is 5. The number of hydrogen-bond acceptors (Lipinski definition) is 6. The van der Waals surface area contributed by atoms with Crippen LogP contribution in [-0.4, -0.2) is 21.9 Å². The number of nitrogen functional groups attached to an aromatic ring is 1. The highest BCUT2D eigenvalue weighted by Gasteiger charge is 2.19. The van der Waals surface area contributed by atoms with Gasteiger partial charge in [-0.15, -0.1) is 16.4 Å². The van der Waals surface area contributed by atoms with E-state index in [0.717, 1.165) is 22.2 Å². The van der Waals surface area contributed by atoms with Crippen molar-refractivity contribution in [2.24, 2.45) is 0 Å². The standard InChI is InChI=1S/C17H16F2N4OS2/c1-8-9(2)22-23-16-12(8)13(20)14(26-16)15(24)21-7-10-3-5-11(6-4-10)25-17(18)19/h3-6,17H,7,20H2,1-2H3,(H,21,24). The van der Waals surface area contributed by atoms with Gasteiger partial charge in [0.05, 0.1) is 11.4 Å². The van der Waals surface area contributed by atoms with E-state index in [-0.39, 0.29) is 12.5 Å². The molecule has 0 spiro atoms. The molecule has 0 bridgehead atoms. The Kier molecular flexibility index (Phi) is 5.38. The third-order valence-corrected chi connectivity index (χ3v) is 5.75. The first-order valence-electron chi connectivity index (χ1n) is 7.70. The smallest absolute Gasteiger partial charge is 0.288 e. The lowest BCUT2D eigenvalue weighted by molar-refractivity contribution is 0.0956. The van der Waals surface area contributed by atoms with Gasteiger partial charge >= 0.3 is 0 Å². The van der Waals surface area contributed by atoms with Gasteiger partial charge in [0.15, 0.2) is 0 Å². The molecular weight excluding hydrogens is 378 g/mol. The van der Waals surface area contributed by atoms with Crippen LogP contribution in [0.3, 0.4) is 0 Å². The number of thioether (sulfide) groups is 1. The van der Waals surface area contributed by atoms with Crippen LogP contribution < -0.4 is 11.1 Å². The number of amides is 1. The van der Waals surface area contributed by atoms with E-state index in [9.17, 15) is 13.6 Å². The van der Waals surface area contributed by atoms with Crippen molar-refractivity contribution >= 4 is 44.9 Å². The van der Waals surface area contributed by atoms with Crippen LogP contribution in [0.15, 0.2) is 29.2 Å². The zero-order valence-electron chi connectivity index (χ0n) is 14.0. The number of halogens is 2. The van der Waals surface area contributed by atoms with E-state index in [1.807, 2.05) is 13.8 Å². The number of alkyl halides is 2. The summed E-state index contributed by atoms with van der Waals surface area (Å²) in [6.07, 6.45) is 0. The predicted octanol–water partition coefficient (Wildman–Crippen LogP) is 4.14. The third kappa shape index (κ3) is 3.78. The second-order valence-electron chi connectivity index (χ2n) is 5.64. The Labute approximate surface area is 157 Å². The number of aromatic nitrogens is 2. The summed E-state index contributed by atoms with van der Waals surface area (Å²) in [5.41, 5.74) is 9.05. The molecule has 26 heavy (non-hydrogen) atoms. The molecule has 1 amide bonds. The molecule has 0 atom stereocenters. The highest BCUT2D eigenvalue weighted by atomic mass is 32.2. The van der Waals surface area contributed by atoms with Gasteiger partial charge in [-0.2, -0.15) is 13.9 Å². The second kappa shape index (κ2) is 7.55. The molecule has 0 saturated heterocycles. The minimum atomic E-state index is -2.45. The van der Waals surface area contributed by atoms with Crippen LogP contribution in [-0.2, 0) is 6.54 Å². The Hall–Kier alpha value is -2.26. The van der Waals surface area contributed by atoms with Gasteiger partial charge < -0.3 is 11.1 Å². The molecule has 0 aliphatic carbocycles. The Balaban J connectivity index is 1.73. The maximum absolute atomic E-state index is 12.5. The number of fused-ring (bicyclic) bond motifs is 1. The second-order valence-corrected chi connectivity index (χ2v) is 7.70. The number of carbonyl (C=O) groups excluding carboxylic acids is 1. The quantitative estimate of drug-likeness (QED) is 0.636. The van der Waals surface area contributed by atoms with Gasteiger partial charge in [-0.1, -0.05) is 23.9 Å². The fraction of sp³-hybridized carbons (Fsp3) is 0.235. The highest BCUT2D eigenvalue weighted by molar-refractivity contribution is 7.99. The van der Waals surface area contributed by atoms with Crippen LogP contribution in [0.1, 0.15) is 26.5 Å². The van der Waals surface area contributed by atoms with Crippen molar-refractivity contribution in [2.45, 2.75) is 31.0 Å². The molecule has 2 heterocycles. The largest absolute Gasteiger partial charge is 0.397 e. The first-order chi connectivity index (χ1) is 12.4. The molecule has 1 aromatic carbocycles. The molecule has 0 aliphatic heterocycles. The number of hydrogen-bond donors (Lipinski definition) is 2. The number of benzene rings is 1. The number of anilines is 1. The first kappa shape index (κ1) is 18.5. The van der Waals surface area contributed by atoms with Gasteiger partial charge in [-0.25, -0.2) is 0 Å². The van der Waals surface area contributed by atoms with Crippen molar-refractivity contribution in [3.05, 3.63) is 46.0 Å². The van der Waals surface area contributed by atoms with Crippen LogP contribution in [0.4, 0.5) is 14.5 Å². The van der Waals surface area contributed by atoms with Crippen molar-refractivity contribution in [1.29, 1.82) is 0 Å². The minimum Gasteiger partial charge on any atom is -0.397 e. The molecule has 3 N–H and O–H groups in total.